The summed E-state index contributed by atoms with van der Waals surface area (Å²) in [4.78, 5) is 13.4. The quantitative estimate of drug-likeness (QED) is 0.710. The van der Waals surface area contributed by atoms with Crippen LogP contribution in [0.4, 0.5) is 0 Å². The van der Waals surface area contributed by atoms with Gasteiger partial charge in [0.25, 0.3) is 0 Å². The summed E-state index contributed by atoms with van der Waals surface area (Å²) in [6.45, 7) is 2.29. The summed E-state index contributed by atoms with van der Waals surface area (Å²) in [6, 6.07) is -0.181. The lowest BCUT2D eigenvalue weighted by atomic mass is 10.0. The average molecular weight is 214 g/mol. The standard InChI is InChI=1S/C11H22N2O2/c1-9(12-2)10(14)13(3)8-11(15)6-4-5-7-11/h9,12,15H,4-8H2,1-3H3. The van der Waals surface area contributed by atoms with Crippen molar-refractivity contribution in [2.24, 2.45) is 0 Å². The van der Waals surface area contributed by atoms with E-state index < -0.39 is 5.60 Å². The number of carbonyl (C=O) groups excluding carboxylic acids is 1. The van der Waals surface area contributed by atoms with E-state index in [1.165, 1.54) is 0 Å². The minimum Gasteiger partial charge on any atom is -0.388 e. The van der Waals surface area contributed by atoms with Crippen LogP contribution in [-0.4, -0.2) is 48.2 Å². The SMILES string of the molecule is CNC(C)C(=O)N(C)CC1(O)CCCC1. The van der Waals surface area contributed by atoms with Crippen molar-refractivity contribution in [1.82, 2.24) is 10.2 Å². The van der Waals surface area contributed by atoms with Gasteiger partial charge in [-0.25, -0.2) is 0 Å². The minimum atomic E-state index is -0.641. The van der Waals surface area contributed by atoms with E-state index in [0.29, 0.717) is 6.54 Å². The molecule has 0 radical (unpaired) electrons. The molecular formula is C11H22N2O2. The second kappa shape index (κ2) is 4.94. The lowest BCUT2D eigenvalue weighted by Crippen LogP contribution is -2.48. The molecule has 88 valence electrons. The van der Waals surface area contributed by atoms with Crippen LogP contribution in [0.25, 0.3) is 0 Å². The van der Waals surface area contributed by atoms with Gasteiger partial charge in [0, 0.05) is 13.6 Å². The van der Waals surface area contributed by atoms with Crippen molar-refractivity contribution in [3.8, 4) is 0 Å². The Morgan fingerprint density at radius 2 is 2.07 bits per heavy atom. The van der Waals surface area contributed by atoms with Crippen molar-refractivity contribution in [3.05, 3.63) is 0 Å². The minimum absolute atomic E-state index is 0.0397. The Hall–Kier alpha value is -0.610. The highest BCUT2D eigenvalue weighted by Gasteiger charge is 2.33. The van der Waals surface area contributed by atoms with Crippen LogP contribution in [0.15, 0.2) is 0 Å². The van der Waals surface area contributed by atoms with E-state index in [-0.39, 0.29) is 11.9 Å². The first kappa shape index (κ1) is 12.5. The van der Waals surface area contributed by atoms with E-state index in [0.717, 1.165) is 25.7 Å². The Balaban J connectivity index is 2.47. The summed E-state index contributed by atoms with van der Waals surface area (Å²) in [5.41, 5.74) is -0.641. The number of amides is 1. The first-order chi connectivity index (χ1) is 6.98. The summed E-state index contributed by atoms with van der Waals surface area (Å²) >= 11 is 0. The molecule has 0 bridgehead atoms. The molecule has 0 heterocycles. The van der Waals surface area contributed by atoms with Gasteiger partial charge in [0.1, 0.15) is 0 Å². The molecule has 4 heteroatoms. The molecule has 0 aliphatic heterocycles. The number of hydrogen-bond donors (Lipinski definition) is 2. The molecule has 0 aromatic rings. The van der Waals surface area contributed by atoms with Crippen molar-refractivity contribution in [1.29, 1.82) is 0 Å². The molecule has 1 saturated carbocycles. The topological polar surface area (TPSA) is 52.6 Å². The molecule has 0 saturated heterocycles. The highest BCUT2D eigenvalue weighted by atomic mass is 16.3. The van der Waals surface area contributed by atoms with Crippen LogP contribution in [0.1, 0.15) is 32.6 Å². The van der Waals surface area contributed by atoms with Gasteiger partial charge in [0.05, 0.1) is 11.6 Å². The monoisotopic (exact) mass is 214 g/mol. The highest BCUT2D eigenvalue weighted by Crippen LogP contribution is 2.29. The molecular weight excluding hydrogens is 192 g/mol. The average Bonchev–Trinajstić information content (AvgIpc) is 2.62. The van der Waals surface area contributed by atoms with Gasteiger partial charge in [0.15, 0.2) is 0 Å². The van der Waals surface area contributed by atoms with E-state index in [2.05, 4.69) is 5.32 Å². The van der Waals surface area contributed by atoms with Gasteiger partial charge in [-0.3, -0.25) is 4.79 Å². The van der Waals surface area contributed by atoms with Crippen molar-refractivity contribution in [2.75, 3.05) is 20.6 Å². The molecule has 1 unspecified atom stereocenters. The lowest BCUT2D eigenvalue weighted by molar-refractivity contribution is -0.134. The Morgan fingerprint density at radius 1 is 1.53 bits per heavy atom. The number of carbonyl (C=O) groups is 1. The van der Waals surface area contributed by atoms with Crippen LogP contribution >= 0.6 is 0 Å². The maximum Gasteiger partial charge on any atom is 0.239 e. The number of aliphatic hydroxyl groups is 1. The molecule has 2 N–H and O–H groups in total. The molecule has 1 aliphatic rings. The van der Waals surface area contributed by atoms with Gasteiger partial charge >= 0.3 is 0 Å². The molecule has 15 heavy (non-hydrogen) atoms. The van der Waals surface area contributed by atoms with Crippen molar-refractivity contribution in [2.45, 2.75) is 44.2 Å². The van der Waals surface area contributed by atoms with Crippen molar-refractivity contribution < 1.29 is 9.90 Å². The second-order valence-corrected chi connectivity index (χ2v) is 4.64. The first-order valence-corrected chi connectivity index (χ1v) is 5.63. The zero-order chi connectivity index (χ0) is 11.5. The summed E-state index contributed by atoms with van der Waals surface area (Å²) < 4.78 is 0. The van der Waals surface area contributed by atoms with Crippen LogP contribution in [0.2, 0.25) is 0 Å². The van der Waals surface area contributed by atoms with E-state index in [4.69, 9.17) is 0 Å². The summed E-state index contributed by atoms with van der Waals surface area (Å²) in [5, 5.41) is 13.1. The molecule has 1 aliphatic carbocycles. The van der Waals surface area contributed by atoms with E-state index in [1.54, 1.807) is 19.0 Å². The van der Waals surface area contributed by atoms with Gasteiger partial charge in [0.2, 0.25) is 5.91 Å². The van der Waals surface area contributed by atoms with Crippen molar-refractivity contribution in [3.63, 3.8) is 0 Å². The maximum absolute atomic E-state index is 11.8. The van der Waals surface area contributed by atoms with Gasteiger partial charge < -0.3 is 15.3 Å². The lowest BCUT2D eigenvalue weighted by Gasteiger charge is -2.30. The van der Waals surface area contributed by atoms with E-state index >= 15 is 0 Å². The molecule has 0 aromatic carbocycles. The predicted molar refractivity (Wildman–Crippen MR) is 59.6 cm³/mol. The fraction of sp³-hybridized carbons (Fsp3) is 0.909. The summed E-state index contributed by atoms with van der Waals surface area (Å²) in [5.74, 6) is 0.0397. The third-order valence-electron chi connectivity index (χ3n) is 3.25. The zero-order valence-electron chi connectivity index (χ0n) is 9.92. The molecule has 1 rings (SSSR count). The Bertz CT molecular complexity index is 225. The van der Waals surface area contributed by atoms with Crippen molar-refractivity contribution >= 4 is 5.91 Å². The first-order valence-electron chi connectivity index (χ1n) is 5.63. The highest BCUT2D eigenvalue weighted by molar-refractivity contribution is 5.81. The molecule has 1 amide bonds. The van der Waals surface area contributed by atoms with E-state index in [1.807, 2.05) is 6.92 Å². The molecule has 0 aromatic heterocycles. The molecule has 4 nitrogen and oxygen atoms in total. The zero-order valence-corrected chi connectivity index (χ0v) is 9.92. The van der Waals surface area contributed by atoms with Gasteiger partial charge in [-0.05, 0) is 26.8 Å². The number of nitrogens with one attached hydrogen (secondary N) is 1. The third kappa shape index (κ3) is 3.18. The molecule has 1 atom stereocenters. The van der Waals surface area contributed by atoms with Gasteiger partial charge in [-0.15, -0.1) is 0 Å². The van der Waals surface area contributed by atoms with Gasteiger partial charge in [-0.1, -0.05) is 12.8 Å². The molecule has 0 spiro atoms. The predicted octanol–water partition coefficient (Wildman–Crippen LogP) is 0.358. The third-order valence-corrected chi connectivity index (χ3v) is 3.25. The van der Waals surface area contributed by atoms with Crippen LogP contribution in [0, 0.1) is 0 Å². The van der Waals surface area contributed by atoms with Crippen LogP contribution < -0.4 is 5.32 Å². The Labute approximate surface area is 91.6 Å². The molecule has 1 fully saturated rings. The Morgan fingerprint density at radius 3 is 2.53 bits per heavy atom. The van der Waals surface area contributed by atoms with Crippen LogP contribution in [0.5, 0.6) is 0 Å². The normalized spacial score (nSPS) is 21.3. The fourth-order valence-corrected chi connectivity index (χ4v) is 2.16. The Kier molecular flexibility index (Phi) is 4.11. The second-order valence-electron chi connectivity index (χ2n) is 4.64. The summed E-state index contributed by atoms with van der Waals surface area (Å²) in [7, 11) is 3.52. The number of rotatable bonds is 4. The van der Waals surface area contributed by atoms with Crippen LogP contribution in [0.3, 0.4) is 0 Å². The fourth-order valence-electron chi connectivity index (χ4n) is 2.16. The number of nitrogens with zero attached hydrogens (tertiary/aromatic N) is 1. The van der Waals surface area contributed by atoms with Gasteiger partial charge in [-0.2, -0.15) is 0 Å². The maximum atomic E-state index is 11.8. The number of hydrogen-bond acceptors (Lipinski definition) is 3. The number of likely N-dealkylation sites (N-methyl/N-ethyl adjacent to an activating group) is 2. The smallest absolute Gasteiger partial charge is 0.239 e. The summed E-state index contributed by atoms with van der Waals surface area (Å²) in [6.07, 6.45) is 3.78. The largest absolute Gasteiger partial charge is 0.388 e. The van der Waals surface area contributed by atoms with E-state index in [9.17, 15) is 9.90 Å². The van der Waals surface area contributed by atoms with Crippen LogP contribution in [-0.2, 0) is 4.79 Å².